The third kappa shape index (κ3) is 4.09. The summed E-state index contributed by atoms with van der Waals surface area (Å²) in [5.41, 5.74) is 6.50. The molecule has 1 aliphatic rings. The number of halogens is 1. The molecule has 0 saturated carbocycles. The molecule has 0 aliphatic carbocycles. The highest BCUT2D eigenvalue weighted by Gasteiger charge is 2.15. The van der Waals surface area contributed by atoms with Crippen molar-refractivity contribution in [3.05, 3.63) is 64.7 Å². The first kappa shape index (κ1) is 19.8. The van der Waals surface area contributed by atoms with E-state index in [0.29, 0.717) is 22.4 Å². The van der Waals surface area contributed by atoms with Crippen molar-refractivity contribution in [3.63, 3.8) is 0 Å². The predicted octanol–water partition coefficient (Wildman–Crippen LogP) is 5.52. The van der Waals surface area contributed by atoms with E-state index in [9.17, 15) is 0 Å². The number of morpholine rings is 1. The number of pyridine rings is 1. The maximum atomic E-state index is 6.56. The van der Waals surface area contributed by atoms with Crippen molar-refractivity contribution in [3.8, 4) is 23.0 Å². The van der Waals surface area contributed by atoms with Crippen LogP contribution in [0.1, 0.15) is 11.1 Å². The van der Waals surface area contributed by atoms with Gasteiger partial charge >= 0.3 is 6.01 Å². The van der Waals surface area contributed by atoms with E-state index in [1.807, 2.05) is 36.4 Å². The van der Waals surface area contributed by atoms with Gasteiger partial charge in [-0.15, -0.1) is 0 Å². The number of hydrogen-bond donors (Lipinski definition) is 1. The summed E-state index contributed by atoms with van der Waals surface area (Å²) in [4.78, 5) is 14.7. The number of ether oxygens (including phenoxy) is 2. The van der Waals surface area contributed by atoms with E-state index in [1.54, 1.807) is 0 Å². The molecule has 1 N–H and O–H groups in total. The van der Waals surface area contributed by atoms with Crippen LogP contribution >= 0.6 is 11.6 Å². The molecular formula is C24H23ClN4O2. The van der Waals surface area contributed by atoms with Crippen molar-refractivity contribution in [1.29, 1.82) is 0 Å². The predicted molar refractivity (Wildman–Crippen MR) is 123 cm³/mol. The van der Waals surface area contributed by atoms with E-state index in [1.165, 1.54) is 11.3 Å². The fraction of sp³-hybridized carbons (Fsp3) is 0.250. The Balaban J connectivity index is 1.41. The summed E-state index contributed by atoms with van der Waals surface area (Å²) in [5.74, 6) is 0.729. The summed E-state index contributed by atoms with van der Waals surface area (Å²) >= 11 is 6.56. The van der Waals surface area contributed by atoms with Crippen LogP contribution in [-0.4, -0.2) is 41.3 Å². The van der Waals surface area contributed by atoms with Crippen LogP contribution < -0.4 is 9.64 Å². The number of H-pyrrole nitrogens is 1. The summed E-state index contributed by atoms with van der Waals surface area (Å²) in [7, 11) is 0. The van der Waals surface area contributed by atoms with E-state index < -0.39 is 0 Å². The van der Waals surface area contributed by atoms with Gasteiger partial charge in [-0.2, -0.15) is 4.98 Å². The Labute approximate surface area is 185 Å². The molecule has 31 heavy (non-hydrogen) atoms. The fourth-order valence-corrected chi connectivity index (χ4v) is 3.95. The first-order valence-corrected chi connectivity index (χ1v) is 10.7. The second-order valence-electron chi connectivity index (χ2n) is 7.73. The highest BCUT2D eigenvalue weighted by atomic mass is 35.5. The van der Waals surface area contributed by atoms with E-state index >= 15 is 0 Å². The van der Waals surface area contributed by atoms with Gasteiger partial charge in [-0.05, 0) is 55.3 Å². The standard InChI is InChI=1S/C24H23ClN4O2/c1-15-3-8-19(13-16(15)2)31-24-26-21-14-20(25)22(27-23(21)28-24)17-4-6-18(7-5-17)29-9-11-30-12-10-29/h3-8,13-14H,9-12H2,1-2H3,(H,26,27,28). The molecule has 3 heterocycles. The Bertz CT molecular complexity index is 1230. The monoisotopic (exact) mass is 434 g/mol. The number of anilines is 1. The normalized spacial score (nSPS) is 14.2. The number of hydrogen-bond acceptors (Lipinski definition) is 5. The summed E-state index contributed by atoms with van der Waals surface area (Å²) in [6.45, 7) is 7.46. The molecule has 0 atom stereocenters. The quantitative estimate of drug-likeness (QED) is 0.458. The number of aromatic nitrogens is 3. The first-order valence-electron chi connectivity index (χ1n) is 10.3. The van der Waals surface area contributed by atoms with Crippen molar-refractivity contribution in [2.75, 3.05) is 31.2 Å². The number of imidazole rings is 1. The molecule has 1 saturated heterocycles. The number of aryl methyl sites for hydroxylation is 2. The number of rotatable bonds is 4. The van der Waals surface area contributed by atoms with Gasteiger partial charge in [0.1, 0.15) is 5.75 Å². The van der Waals surface area contributed by atoms with Gasteiger partial charge in [0, 0.05) is 24.3 Å². The molecule has 158 valence electrons. The second-order valence-corrected chi connectivity index (χ2v) is 8.13. The van der Waals surface area contributed by atoms with Crippen molar-refractivity contribution in [2.45, 2.75) is 13.8 Å². The molecule has 0 amide bonds. The zero-order chi connectivity index (χ0) is 21.4. The number of fused-ring (bicyclic) bond motifs is 1. The number of aromatic amines is 1. The molecule has 0 spiro atoms. The zero-order valence-corrected chi connectivity index (χ0v) is 18.2. The van der Waals surface area contributed by atoms with Gasteiger partial charge in [-0.25, -0.2) is 4.98 Å². The van der Waals surface area contributed by atoms with Gasteiger partial charge in [0.05, 0.1) is 29.4 Å². The van der Waals surface area contributed by atoms with Gasteiger partial charge in [0.2, 0.25) is 0 Å². The van der Waals surface area contributed by atoms with Crippen LogP contribution in [0.4, 0.5) is 5.69 Å². The molecule has 0 bridgehead atoms. The lowest BCUT2D eigenvalue weighted by Crippen LogP contribution is -2.36. The molecule has 6 nitrogen and oxygen atoms in total. The molecule has 1 aliphatic heterocycles. The molecule has 1 fully saturated rings. The largest absolute Gasteiger partial charge is 0.426 e. The average Bonchev–Trinajstić information content (AvgIpc) is 3.17. The minimum Gasteiger partial charge on any atom is -0.426 e. The zero-order valence-electron chi connectivity index (χ0n) is 17.5. The topological polar surface area (TPSA) is 63.3 Å². The first-order chi connectivity index (χ1) is 15.1. The SMILES string of the molecule is Cc1ccc(Oc2nc3nc(-c4ccc(N5CCOCC5)cc4)c(Cl)cc3[nH]2)cc1C. The highest BCUT2D eigenvalue weighted by Crippen LogP contribution is 2.31. The molecule has 0 unspecified atom stereocenters. The summed E-state index contributed by atoms with van der Waals surface area (Å²) in [6.07, 6.45) is 0. The summed E-state index contributed by atoms with van der Waals surface area (Å²) in [5, 5.41) is 0.563. The fourth-order valence-electron chi connectivity index (χ4n) is 3.69. The Hall–Kier alpha value is -3.09. The minimum atomic E-state index is 0.390. The van der Waals surface area contributed by atoms with Crippen LogP contribution in [0.15, 0.2) is 48.5 Å². The lowest BCUT2D eigenvalue weighted by Gasteiger charge is -2.28. The number of nitrogens with zero attached hydrogens (tertiary/aromatic N) is 3. The van der Waals surface area contributed by atoms with Crippen LogP contribution in [-0.2, 0) is 4.74 Å². The van der Waals surface area contributed by atoms with Crippen molar-refractivity contribution in [1.82, 2.24) is 15.0 Å². The van der Waals surface area contributed by atoms with Gasteiger partial charge in [0.25, 0.3) is 0 Å². The lowest BCUT2D eigenvalue weighted by molar-refractivity contribution is 0.122. The summed E-state index contributed by atoms with van der Waals surface area (Å²) < 4.78 is 11.3. The van der Waals surface area contributed by atoms with Crippen molar-refractivity contribution >= 4 is 28.5 Å². The molecule has 0 radical (unpaired) electrons. The van der Waals surface area contributed by atoms with Crippen molar-refractivity contribution < 1.29 is 9.47 Å². The van der Waals surface area contributed by atoms with E-state index in [4.69, 9.17) is 26.1 Å². The Morgan fingerprint density at radius 2 is 1.74 bits per heavy atom. The van der Waals surface area contributed by atoms with Crippen LogP contribution in [0.25, 0.3) is 22.4 Å². The Morgan fingerprint density at radius 1 is 0.968 bits per heavy atom. The minimum absolute atomic E-state index is 0.390. The van der Waals surface area contributed by atoms with Gasteiger partial charge in [-0.3, -0.25) is 0 Å². The molecule has 4 aromatic rings. The Morgan fingerprint density at radius 3 is 2.48 bits per heavy atom. The molecule has 7 heteroatoms. The maximum absolute atomic E-state index is 6.56. The third-order valence-electron chi connectivity index (χ3n) is 5.61. The lowest BCUT2D eigenvalue weighted by atomic mass is 10.1. The maximum Gasteiger partial charge on any atom is 0.301 e. The van der Waals surface area contributed by atoms with Crippen LogP contribution in [0, 0.1) is 13.8 Å². The smallest absolute Gasteiger partial charge is 0.301 e. The van der Waals surface area contributed by atoms with E-state index in [0.717, 1.165) is 48.7 Å². The van der Waals surface area contributed by atoms with Crippen LogP contribution in [0.2, 0.25) is 5.02 Å². The summed E-state index contributed by atoms with van der Waals surface area (Å²) in [6, 6.07) is 16.5. The van der Waals surface area contributed by atoms with Gasteiger partial charge in [0.15, 0.2) is 5.65 Å². The Kier molecular flexibility index (Phi) is 5.26. The molecule has 2 aromatic heterocycles. The van der Waals surface area contributed by atoms with E-state index in [-0.39, 0.29) is 0 Å². The van der Waals surface area contributed by atoms with Crippen LogP contribution in [0.3, 0.4) is 0 Å². The molecule has 5 rings (SSSR count). The second kappa shape index (κ2) is 8.21. The number of nitrogens with one attached hydrogen (secondary N) is 1. The van der Waals surface area contributed by atoms with Gasteiger partial charge < -0.3 is 19.4 Å². The molecular weight excluding hydrogens is 412 g/mol. The van der Waals surface area contributed by atoms with E-state index in [2.05, 4.69) is 40.8 Å². The molecule has 2 aromatic carbocycles. The van der Waals surface area contributed by atoms with Crippen LogP contribution in [0.5, 0.6) is 11.8 Å². The van der Waals surface area contributed by atoms with Gasteiger partial charge in [-0.1, -0.05) is 29.8 Å². The third-order valence-corrected chi connectivity index (χ3v) is 5.90. The highest BCUT2D eigenvalue weighted by molar-refractivity contribution is 6.33. The van der Waals surface area contributed by atoms with Crippen molar-refractivity contribution in [2.24, 2.45) is 0 Å². The average molecular weight is 435 g/mol. The number of benzene rings is 2.